The number of nitrogens with zero attached hydrogens (tertiary/aromatic N) is 3. The fourth-order valence-corrected chi connectivity index (χ4v) is 2.78. The zero-order valence-electron chi connectivity index (χ0n) is 13.2. The summed E-state index contributed by atoms with van der Waals surface area (Å²) in [7, 11) is 3.01. The van der Waals surface area contributed by atoms with Crippen molar-refractivity contribution in [3.05, 3.63) is 48.3 Å². The highest BCUT2D eigenvalue weighted by Gasteiger charge is 2.14. The molecule has 1 heterocycles. The molecule has 6 nitrogen and oxygen atoms in total. The maximum absolute atomic E-state index is 11.3. The summed E-state index contributed by atoms with van der Waals surface area (Å²) >= 11 is 1.30. The van der Waals surface area contributed by atoms with E-state index in [0.717, 1.165) is 17.1 Å². The van der Waals surface area contributed by atoms with Gasteiger partial charge in [-0.25, -0.2) is 0 Å². The molecule has 0 spiro atoms. The molecule has 0 radical (unpaired) electrons. The van der Waals surface area contributed by atoms with Gasteiger partial charge < -0.3 is 14.0 Å². The summed E-state index contributed by atoms with van der Waals surface area (Å²) in [6, 6.07) is 7.81. The molecule has 0 saturated carbocycles. The number of allylic oxidation sites excluding steroid dienone is 1. The summed E-state index contributed by atoms with van der Waals surface area (Å²) in [5.41, 5.74) is 1.10. The van der Waals surface area contributed by atoms with Crippen molar-refractivity contribution in [3.63, 3.8) is 0 Å². The predicted octanol–water partition coefficient (Wildman–Crippen LogP) is 2.33. The molecule has 0 bridgehead atoms. The van der Waals surface area contributed by atoms with E-state index in [0.29, 0.717) is 18.1 Å². The number of hydrogen-bond acceptors (Lipinski definition) is 6. The maximum atomic E-state index is 11.3. The van der Waals surface area contributed by atoms with Gasteiger partial charge in [0.2, 0.25) is 0 Å². The van der Waals surface area contributed by atoms with Crippen LogP contribution in [-0.4, -0.2) is 40.7 Å². The Morgan fingerprint density at radius 3 is 2.65 bits per heavy atom. The van der Waals surface area contributed by atoms with E-state index in [1.54, 1.807) is 13.2 Å². The topological polar surface area (TPSA) is 66.2 Å². The van der Waals surface area contributed by atoms with E-state index in [-0.39, 0.29) is 11.7 Å². The average molecular weight is 333 g/mol. The van der Waals surface area contributed by atoms with Gasteiger partial charge in [0.1, 0.15) is 11.6 Å². The number of rotatable bonds is 8. The van der Waals surface area contributed by atoms with Gasteiger partial charge in [0.05, 0.1) is 20.0 Å². The van der Waals surface area contributed by atoms with Crippen LogP contribution in [0.25, 0.3) is 0 Å². The molecule has 0 unspecified atom stereocenters. The van der Waals surface area contributed by atoms with Crippen molar-refractivity contribution in [3.8, 4) is 5.75 Å². The Hall–Kier alpha value is -2.28. The van der Waals surface area contributed by atoms with Gasteiger partial charge in [-0.2, -0.15) is 0 Å². The highest BCUT2D eigenvalue weighted by Crippen LogP contribution is 2.20. The van der Waals surface area contributed by atoms with Gasteiger partial charge in [0.15, 0.2) is 5.16 Å². The number of carbonyl (C=O) groups excluding carboxylic acids is 1. The summed E-state index contributed by atoms with van der Waals surface area (Å²) in [6.07, 6.45) is 2.42. The van der Waals surface area contributed by atoms with Crippen molar-refractivity contribution in [2.24, 2.45) is 0 Å². The lowest BCUT2D eigenvalue weighted by molar-refractivity contribution is -0.137. The van der Waals surface area contributed by atoms with Gasteiger partial charge in [-0.05, 0) is 17.7 Å². The van der Waals surface area contributed by atoms with Gasteiger partial charge in [0.25, 0.3) is 0 Å². The molecular weight excluding hydrogens is 314 g/mol. The van der Waals surface area contributed by atoms with Crippen LogP contribution in [0.5, 0.6) is 5.75 Å². The van der Waals surface area contributed by atoms with Crippen molar-refractivity contribution in [1.82, 2.24) is 14.8 Å². The van der Waals surface area contributed by atoms with Crippen LogP contribution in [-0.2, 0) is 22.5 Å². The Morgan fingerprint density at radius 2 is 2.04 bits per heavy atom. The molecule has 2 aromatic rings. The Bertz CT molecular complexity index is 668. The second-order valence-electron chi connectivity index (χ2n) is 4.69. The van der Waals surface area contributed by atoms with Crippen molar-refractivity contribution in [2.75, 3.05) is 20.0 Å². The minimum absolute atomic E-state index is 0.203. The summed E-state index contributed by atoms with van der Waals surface area (Å²) in [6.45, 7) is 4.35. The van der Waals surface area contributed by atoms with E-state index in [2.05, 4.69) is 21.5 Å². The lowest BCUT2D eigenvalue weighted by atomic mass is 10.1. The van der Waals surface area contributed by atoms with E-state index in [1.165, 1.54) is 18.9 Å². The van der Waals surface area contributed by atoms with Crippen molar-refractivity contribution in [1.29, 1.82) is 0 Å². The SMILES string of the molecule is C=CCn1c(Cc2ccc(OC)cc2)nnc1SCC(=O)OC. The number of hydrogen-bond donors (Lipinski definition) is 0. The van der Waals surface area contributed by atoms with Gasteiger partial charge >= 0.3 is 5.97 Å². The molecule has 23 heavy (non-hydrogen) atoms. The monoisotopic (exact) mass is 333 g/mol. The first kappa shape index (κ1) is 17.1. The van der Waals surface area contributed by atoms with Crippen molar-refractivity contribution >= 4 is 17.7 Å². The average Bonchev–Trinajstić information content (AvgIpc) is 2.95. The van der Waals surface area contributed by atoms with Crippen LogP contribution < -0.4 is 4.74 Å². The molecule has 122 valence electrons. The van der Waals surface area contributed by atoms with E-state index >= 15 is 0 Å². The zero-order valence-corrected chi connectivity index (χ0v) is 14.0. The Kier molecular flexibility index (Phi) is 6.22. The van der Waals surface area contributed by atoms with Gasteiger partial charge in [-0.15, -0.1) is 16.8 Å². The number of methoxy groups -OCH3 is 2. The van der Waals surface area contributed by atoms with Crippen LogP contribution in [0.2, 0.25) is 0 Å². The van der Waals surface area contributed by atoms with Crippen LogP contribution in [0.1, 0.15) is 11.4 Å². The van der Waals surface area contributed by atoms with Gasteiger partial charge in [-0.3, -0.25) is 4.79 Å². The minimum atomic E-state index is -0.292. The third kappa shape index (κ3) is 4.59. The molecule has 0 fully saturated rings. The van der Waals surface area contributed by atoms with Crippen LogP contribution in [0.15, 0.2) is 42.1 Å². The summed E-state index contributed by atoms with van der Waals surface area (Å²) in [5, 5.41) is 9.08. The van der Waals surface area contributed by atoms with Crippen molar-refractivity contribution < 1.29 is 14.3 Å². The van der Waals surface area contributed by atoms with Crippen LogP contribution in [0.3, 0.4) is 0 Å². The van der Waals surface area contributed by atoms with Crippen LogP contribution in [0, 0.1) is 0 Å². The molecule has 0 aliphatic carbocycles. The molecule has 0 aliphatic heterocycles. The molecule has 1 aromatic carbocycles. The highest BCUT2D eigenvalue weighted by molar-refractivity contribution is 7.99. The molecule has 0 N–H and O–H groups in total. The zero-order chi connectivity index (χ0) is 16.7. The van der Waals surface area contributed by atoms with E-state index in [1.807, 2.05) is 28.8 Å². The third-order valence-corrected chi connectivity index (χ3v) is 4.11. The number of aromatic nitrogens is 3. The second-order valence-corrected chi connectivity index (χ2v) is 5.63. The molecule has 0 amide bonds. The first-order valence-electron chi connectivity index (χ1n) is 7.03. The summed E-state index contributed by atoms with van der Waals surface area (Å²) < 4.78 is 11.8. The lowest BCUT2D eigenvalue weighted by Gasteiger charge is -2.08. The Morgan fingerprint density at radius 1 is 1.30 bits per heavy atom. The molecule has 2 rings (SSSR count). The standard InChI is InChI=1S/C16H19N3O3S/c1-4-9-19-14(10-12-5-7-13(21-2)8-6-12)17-18-16(19)23-11-15(20)22-3/h4-8H,1,9-11H2,2-3H3. The number of benzene rings is 1. The molecule has 0 aliphatic rings. The third-order valence-electron chi connectivity index (χ3n) is 3.17. The molecule has 0 atom stereocenters. The fraction of sp³-hybridized carbons (Fsp3) is 0.312. The van der Waals surface area contributed by atoms with E-state index < -0.39 is 0 Å². The fourth-order valence-electron chi connectivity index (χ4n) is 1.98. The first-order chi connectivity index (χ1) is 11.2. The first-order valence-corrected chi connectivity index (χ1v) is 8.02. The van der Waals surface area contributed by atoms with E-state index in [4.69, 9.17) is 4.74 Å². The highest BCUT2D eigenvalue weighted by atomic mass is 32.2. The maximum Gasteiger partial charge on any atom is 0.316 e. The summed E-state index contributed by atoms with van der Waals surface area (Å²) in [4.78, 5) is 11.3. The minimum Gasteiger partial charge on any atom is -0.497 e. The Balaban J connectivity index is 2.15. The number of ether oxygens (including phenoxy) is 2. The quantitative estimate of drug-likeness (QED) is 0.420. The lowest BCUT2D eigenvalue weighted by Crippen LogP contribution is -2.07. The van der Waals surface area contributed by atoms with Crippen LogP contribution in [0.4, 0.5) is 0 Å². The smallest absolute Gasteiger partial charge is 0.316 e. The summed E-state index contributed by atoms with van der Waals surface area (Å²) in [5.74, 6) is 1.55. The number of thioether (sulfide) groups is 1. The van der Waals surface area contributed by atoms with Gasteiger partial charge in [0, 0.05) is 13.0 Å². The second kappa shape index (κ2) is 8.38. The molecular formula is C16H19N3O3S. The molecule has 0 saturated heterocycles. The number of esters is 1. The van der Waals surface area contributed by atoms with Crippen molar-refractivity contribution in [2.45, 2.75) is 18.1 Å². The largest absolute Gasteiger partial charge is 0.497 e. The predicted molar refractivity (Wildman–Crippen MR) is 88.8 cm³/mol. The van der Waals surface area contributed by atoms with Gasteiger partial charge in [-0.1, -0.05) is 30.0 Å². The normalized spacial score (nSPS) is 10.3. The van der Waals surface area contributed by atoms with Crippen LogP contribution >= 0.6 is 11.8 Å². The Labute approximate surface area is 139 Å². The molecule has 1 aromatic heterocycles. The molecule has 7 heteroatoms. The van der Waals surface area contributed by atoms with E-state index in [9.17, 15) is 4.79 Å². The number of carbonyl (C=O) groups is 1.